The molecular formula is C17H15BrN2O2. The number of fused-ring (bicyclic) bond motifs is 1. The molecule has 0 bridgehead atoms. The van der Waals surface area contributed by atoms with Crippen molar-refractivity contribution in [2.45, 2.75) is 19.8 Å². The third kappa shape index (κ3) is 3.36. The molecule has 2 aromatic carbocycles. The molecule has 1 aromatic heterocycles. The first kappa shape index (κ1) is 14.8. The van der Waals surface area contributed by atoms with Gasteiger partial charge < -0.3 is 9.73 Å². The minimum absolute atomic E-state index is 0.0182. The van der Waals surface area contributed by atoms with E-state index >= 15 is 0 Å². The van der Waals surface area contributed by atoms with Gasteiger partial charge in [0.25, 0.3) is 0 Å². The van der Waals surface area contributed by atoms with E-state index in [1.54, 1.807) is 6.92 Å². The summed E-state index contributed by atoms with van der Waals surface area (Å²) in [6.45, 7) is 1.80. The van der Waals surface area contributed by atoms with Crippen molar-refractivity contribution in [3.63, 3.8) is 0 Å². The largest absolute Gasteiger partial charge is 0.441 e. The van der Waals surface area contributed by atoms with Crippen LogP contribution >= 0.6 is 15.9 Å². The summed E-state index contributed by atoms with van der Waals surface area (Å²) in [6.07, 6.45) is 1.12. The van der Waals surface area contributed by atoms with Crippen molar-refractivity contribution < 1.29 is 9.21 Å². The van der Waals surface area contributed by atoms with Crippen LogP contribution in [0.15, 0.2) is 51.4 Å². The van der Waals surface area contributed by atoms with Crippen LogP contribution in [-0.4, -0.2) is 10.9 Å². The molecule has 0 aliphatic rings. The van der Waals surface area contributed by atoms with Crippen LogP contribution in [-0.2, 0) is 11.2 Å². The van der Waals surface area contributed by atoms with Crippen LogP contribution < -0.4 is 5.32 Å². The molecule has 4 nitrogen and oxygen atoms in total. The molecule has 0 atom stereocenters. The predicted octanol–water partition coefficient (Wildman–Crippen LogP) is 4.47. The third-order valence-electron chi connectivity index (χ3n) is 3.36. The molecule has 0 fully saturated rings. The lowest BCUT2D eigenvalue weighted by atomic mass is 10.1. The average molecular weight is 359 g/mol. The summed E-state index contributed by atoms with van der Waals surface area (Å²) >= 11 is 3.49. The fourth-order valence-electron chi connectivity index (χ4n) is 2.29. The summed E-state index contributed by atoms with van der Waals surface area (Å²) in [5, 5.41) is 2.90. The standard InChI is InChI=1S/C17H15BrN2O2/c1-11-19-15-10-13(7-8-16(15)22-11)20-17(21)9-6-12-4-2-3-5-14(12)18/h2-5,7-8,10H,6,9H2,1H3,(H,20,21). The number of amides is 1. The van der Waals surface area contributed by atoms with Crippen molar-refractivity contribution in [1.29, 1.82) is 0 Å². The first-order chi connectivity index (χ1) is 10.6. The number of nitrogens with zero attached hydrogens (tertiary/aromatic N) is 1. The van der Waals surface area contributed by atoms with Crippen molar-refractivity contribution in [2.24, 2.45) is 0 Å². The van der Waals surface area contributed by atoms with Crippen molar-refractivity contribution in [1.82, 2.24) is 4.98 Å². The van der Waals surface area contributed by atoms with Gasteiger partial charge in [0.2, 0.25) is 5.91 Å². The number of rotatable bonds is 4. The molecule has 1 heterocycles. The molecule has 1 amide bonds. The second-order valence-electron chi connectivity index (χ2n) is 5.05. The highest BCUT2D eigenvalue weighted by molar-refractivity contribution is 9.10. The fourth-order valence-corrected chi connectivity index (χ4v) is 2.78. The predicted molar refractivity (Wildman–Crippen MR) is 89.8 cm³/mol. The lowest BCUT2D eigenvalue weighted by Gasteiger charge is -2.06. The molecule has 0 aliphatic heterocycles. The van der Waals surface area contributed by atoms with Gasteiger partial charge in [-0.1, -0.05) is 34.1 Å². The van der Waals surface area contributed by atoms with Gasteiger partial charge in [0.05, 0.1) is 0 Å². The SMILES string of the molecule is Cc1nc2cc(NC(=O)CCc3ccccc3Br)ccc2o1. The molecule has 0 saturated heterocycles. The molecule has 5 heteroatoms. The van der Waals surface area contributed by atoms with Gasteiger partial charge in [0.1, 0.15) is 5.52 Å². The van der Waals surface area contributed by atoms with E-state index in [-0.39, 0.29) is 5.91 Å². The number of carbonyl (C=O) groups is 1. The Morgan fingerprint density at radius 3 is 2.91 bits per heavy atom. The van der Waals surface area contributed by atoms with Crippen LogP contribution in [0.3, 0.4) is 0 Å². The number of aromatic nitrogens is 1. The molecule has 0 spiro atoms. The highest BCUT2D eigenvalue weighted by Gasteiger charge is 2.07. The van der Waals surface area contributed by atoms with Crippen molar-refractivity contribution in [2.75, 3.05) is 5.32 Å². The van der Waals surface area contributed by atoms with Gasteiger partial charge in [0.15, 0.2) is 11.5 Å². The summed E-state index contributed by atoms with van der Waals surface area (Å²) in [6, 6.07) is 13.4. The van der Waals surface area contributed by atoms with E-state index in [9.17, 15) is 4.79 Å². The van der Waals surface area contributed by atoms with E-state index in [0.29, 0.717) is 18.7 Å². The number of aryl methyl sites for hydroxylation is 2. The van der Waals surface area contributed by atoms with Crippen molar-refractivity contribution in [3.05, 3.63) is 58.4 Å². The van der Waals surface area contributed by atoms with Crippen LogP contribution in [0.4, 0.5) is 5.69 Å². The highest BCUT2D eigenvalue weighted by atomic mass is 79.9. The summed E-state index contributed by atoms with van der Waals surface area (Å²) in [5.74, 6) is 0.600. The average Bonchev–Trinajstić information content (AvgIpc) is 2.86. The van der Waals surface area contributed by atoms with Crippen LogP contribution in [0.25, 0.3) is 11.1 Å². The maximum Gasteiger partial charge on any atom is 0.224 e. The van der Waals surface area contributed by atoms with Gasteiger partial charge in [0, 0.05) is 23.5 Å². The first-order valence-electron chi connectivity index (χ1n) is 7.02. The molecule has 112 valence electrons. The van der Waals surface area contributed by atoms with E-state index in [0.717, 1.165) is 26.8 Å². The normalized spacial score (nSPS) is 10.8. The minimum Gasteiger partial charge on any atom is -0.441 e. The smallest absolute Gasteiger partial charge is 0.224 e. The number of oxazole rings is 1. The summed E-state index contributed by atoms with van der Waals surface area (Å²) in [4.78, 5) is 16.3. The first-order valence-corrected chi connectivity index (χ1v) is 7.81. The summed E-state index contributed by atoms with van der Waals surface area (Å²) < 4.78 is 6.45. The molecule has 0 saturated carbocycles. The molecule has 3 aromatic rings. The number of hydrogen-bond donors (Lipinski definition) is 1. The fraction of sp³-hybridized carbons (Fsp3) is 0.176. The van der Waals surface area contributed by atoms with Crippen LogP contribution in [0.5, 0.6) is 0 Å². The topological polar surface area (TPSA) is 55.1 Å². The van der Waals surface area contributed by atoms with E-state index in [2.05, 4.69) is 26.2 Å². The second kappa shape index (κ2) is 6.32. The zero-order chi connectivity index (χ0) is 15.5. The third-order valence-corrected chi connectivity index (χ3v) is 4.13. The number of anilines is 1. The van der Waals surface area contributed by atoms with Crippen molar-refractivity contribution in [3.8, 4) is 0 Å². The zero-order valence-electron chi connectivity index (χ0n) is 12.1. The van der Waals surface area contributed by atoms with Crippen molar-refractivity contribution >= 4 is 38.6 Å². The minimum atomic E-state index is -0.0182. The van der Waals surface area contributed by atoms with Gasteiger partial charge in [-0.05, 0) is 36.2 Å². The van der Waals surface area contributed by atoms with Crippen LogP contribution in [0.2, 0.25) is 0 Å². The molecule has 3 rings (SSSR count). The number of benzene rings is 2. The Morgan fingerprint density at radius 2 is 2.09 bits per heavy atom. The molecule has 0 aliphatic carbocycles. The monoisotopic (exact) mass is 358 g/mol. The van der Waals surface area contributed by atoms with Gasteiger partial charge in [-0.25, -0.2) is 4.98 Å². The van der Waals surface area contributed by atoms with Gasteiger partial charge in [-0.3, -0.25) is 4.79 Å². The molecular weight excluding hydrogens is 344 g/mol. The van der Waals surface area contributed by atoms with Crippen LogP contribution in [0.1, 0.15) is 17.9 Å². The number of hydrogen-bond acceptors (Lipinski definition) is 3. The number of carbonyl (C=O) groups excluding carboxylic acids is 1. The molecule has 22 heavy (non-hydrogen) atoms. The zero-order valence-corrected chi connectivity index (χ0v) is 13.7. The maximum atomic E-state index is 12.1. The van der Waals surface area contributed by atoms with E-state index < -0.39 is 0 Å². The Bertz CT molecular complexity index is 826. The van der Waals surface area contributed by atoms with E-state index in [4.69, 9.17) is 4.42 Å². The Hall–Kier alpha value is -2.14. The molecule has 0 radical (unpaired) electrons. The maximum absolute atomic E-state index is 12.1. The Balaban J connectivity index is 1.64. The summed E-state index contributed by atoms with van der Waals surface area (Å²) in [7, 11) is 0. The van der Waals surface area contributed by atoms with Gasteiger partial charge in [-0.15, -0.1) is 0 Å². The Morgan fingerprint density at radius 1 is 1.27 bits per heavy atom. The molecule has 0 unspecified atom stereocenters. The van der Waals surface area contributed by atoms with E-state index in [1.165, 1.54) is 0 Å². The lowest BCUT2D eigenvalue weighted by molar-refractivity contribution is -0.116. The van der Waals surface area contributed by atoms with Crippen LogP contribution in [0, 0.1) is 6.92 Å². The van der Waals surface area contributed by atoms with E-state index in [1.807, 2.05) is 42.5 Å². The molecule has 1 N–H and O–H groups in total. The highest BCUT2D eigenvalue weighted by Crippen LogP contribution is 2.21. The second-order valence-corrected chi connectivity index (χ2v) is 5.91. The van der Waals surface area contributed by atoms with Gasteiger partial charge in [-0.2, -0.15) is 0 Å². The Kier molecular flexibility index (Phi) is 4.24. The lowest BCUT2D eigenvalue weighted by Crippen LogP contribution is -2.12. The number of halogens is 1. The quantitative estimate of drug-likeness (QED) is 0.748. The Labute approximate surface area is 136 Å². The van der Waals surface area contributed by atoms with Gasteiger partial charge >= 0.3 is 0 Å². The number of nitrogens with one attached hydrogen (secondary N) is 1. The summed E-state index contributed by atoms with van der Waals surface area (Å²) in [5.41, 5.74) is 3.34.